The maximum atomic E-state index is 12.2. The summed E-state index contributed by atoms with van der Waals surface area (Å²) >= 11 is 5.82. The van der Waals surface area contributed by atoms with Gasteiger partial charge in [-0.3, -0.25) is 4.72 Å². The first kappa shape index (κ1) is 15.1. The van der Waals surface area contributed by atoms with Crippen molar-refractivity contribution in [1.82, 2.24) is 0 Å². The van der Waals surface area contributed by atoms with E-state index in [0.717, 1.165) is 18.2 Å². The number of phenolic OH excluding ortho intramolecular Hbond substituents is 1. The molecular weight excluding hydrogens is 318 g/mol. The van der Waals surface area contributed by atoms with Gasteiger partial charge in [0.2, 0.25) is 0 Å². The van der Waals surface area contributed by atoms with Crippen molar-refractivity contribution < 1.29 is 23.4 Å². The third-order valence-corrected chi connectivity index (χ3v) is 4.48. The van der Waals surface area contributed by atoms with Crippen LogP contribution in [0.15, 0.2) is 47.4 Å². The van der Waals surface area contributed by atoms with Gasteiger partial charge in [-0.25, -0.2) is 13.2 Å². The number of phenols is 1. The van der Waals surface area contributed by atoms with Gasteiger partial charge in [0.15, 0.2) is 0 Å². The Kier molecular flexibility index (Phi) is 4.06. The van der Waals surface area contributed by atoms with Crippen LogP contribution in [0.2, 0.25) is 5.02 Å². The van der Waals surface area contributed by atoms with E-state index in [0.29, 0.717) is 0 Å². The van der Waals surface area contributed by atoms with E-state index in [1.807, 2.05) is 0 Å². The van der Waals surface area contributed by atoms with Gasteiger partial charge in [-0.2, -0.15) is 0 Å². The first-order valence-corrected chi connectivity index (χ1v) is 7.51. The maximum Gasteiger partial charge on any atom is 0.335 e. The number of halogens is 1. The number of sulfonamides is 1. The van der Waals surface area contributed by atoms with Gasteiger partial charge in [-0.1, -0.05) is 23.7 Å². The summed E-state index contributed by atoms with van der Waals surface area (Å²) in [4.78, 5) is 10.7. The van der Waals surface area contributed by atoms with Gasteiger partial charge in [0.1, 0.15) is 10.6 Å². The van der Waals surface area contributed by atoms with Crippen LogP contribution in [0.4, 0.5) is 5.69 Å². The van der Waals surface area contributed by atoms with Crippen LogP contribution in [-0.2, 0) is 10.0 Å². The van der Waals surface area contributed by atoms with Gasteiger partial charge in [-0.15, -0.1) is 0 Å². The molecule has 0 atom stereocenters. The highest BCUT2D eigenvalue weighted by molar-refractivity contribution is 7.92. The van der Waals surface area contributed by atoms with E-state index < -0.39 is 21.7 Å². The average molecular weight is 328 g/mol. The Hall–Kier alpha value is -2.25. The van der Waals surface area contributed by atoms with Crippen LogP contribution < -0.4 is 4.72 Å². The fourth-order valence-corrected chi connectivity index (χ4v) is 3.20. The number of aromatic carboxylic acids is 1. The number of rotatable bonds is 4. The van der Waals surface area contributed by atoms with E-state index in [-0.39, 0.29) is 21.2 Å². The Morgan fingerprint density at radius 1 is 1.14 bits per heavy atom. The third-order valence-electron chi connectivity index (χ3n) is 2.61. The second-order valence-corrected chi connectivity index (χ2v) is 6.13. The van der Waals surface area contributed by atoms with Crippen molar-refractivity contribution in [2.24, 2.45) is 0 Å². The molecule has 0 bridgehead atoms. The van der Waals surface area contributed by atoms with E-state index in [2.05, 4.69) is 4.72 Å². The molecule has 21 heavy (non-hydrogen) atoms. The Bertz CT molecular complexity index is 804. The number of carboxylic acid groups (broad SMARTS) is 1. The lowest BCUT2D eigenvalue weighted by Gasteiger charge is -2.11. The lowest BCUT2D eigenvalue weighted by Crippen LogP contribution is -2.14. The van der Waals surface area contributed by atoms with Crippen LogP contribution in [0.5, 0.6) is 5.75 Å². The van der Waals surface area contributed by atoms with Gasteiger partial charge in [0, 0.05) is 0 Å². The van der Waals surface area contributed by atoms with Gasteiger partial charge in [0.05, 0.1) is 16.3 Å². The highest BCUT2D eigenvalue weighted by Gasteiger charge is 2.19. The third kappa shape index (κ3) is 3.26. The standard InChI is InChI=1S/C13H10ClNO5S/c14-9-3-1-2-4-12(9)21(19,20)15-10-7-8(13(17)18)5-6-11(10)16/h1-7,15-16H,(H,17,18). The molecule has 3 N–H and O–H groups in total. The molecule has 0 spiro atoms. The Morgan fingerprint density at radius 2 is 1.81 bits per heavy atom. The zero-order chi connectivity index (χ0) is 15.6. The summed E-state index contributed by atoms with van der Waals surface area (Å²) in [6.07, 6.45) is 0. The number of anilines is 1. The van der Waals surface area contributed by atoms with Crippen molar-refractivity contribution >= 4 is 33.3 Å². The van der Waals surface area contributed by atoms with Crippen LogP contribution >= 0.6 is 11.6 Å². The van der Waals surface area contributed by atoms with E-state index in [1.54, 1.807) is 6.07 Å². The molecule has 2 aromatic carbocycles. The molecule has 6 nitrogen and oxygen atoms in total. The van der Waals surface area contributed by atoms with E-state index in [1.165, 1.54) is 18.2 Å². The molecule has 0 aromatic heterocycles. The molecule has 0 heterocycles. The van der Waals surface area contributed by atoms with Crippen LogP contribution in [0.3, 0.4) is 0 Å². The number of hydrogen-bond donors (Lipinski definition) is 3. The summed E-state index contributed by atoms with van der Waals surface area (Å²) in [5, 5.41) is 18.5. The highest BCUT2D eigenvalue weighted by atomic mass is 35.5. The van der Waals surface area contributed by atoms with Crippen LogP contribution in [-0.4, -0.2) is 24.6 Å². The summed E-state index contributed by atoms with van der Waals surface area (Å²) in [5.41, 5.74) is -0.403. The summed E-state index contributed by atoms with van der Waals surface area (Å²) in [6.45, 7) is 0. The number of benzene rings is 2. The van der Waals surface area contributed by atoms with Crippen molar-refractivity contribution in [2.75, 3.05) is 4.72 Å². The molecule has 110 valence electrons. The first-order chi connectivity index (χ1) is 9.81. The number of aromatic hydroxyl groups is 1. The molecule has 0 amide bonds. The molecule has 0 aliphatic heterocycles. The smallest absolute Gasteiger partial charge is 0.335 e. The van der Waals surface area contributed by atoms with Crippen LogP contribution in [0.1, 0.15) is 10.4 Å². The van der Waals surface area contributed by atoms with Crippen molar-refractivity contribution in [2.45, 2.75) is 4.90 Å². The fraction of sp³-hybridized carbons (Fsp3) is 0. The minimum atomic E-state index is -4.04. The molecule has 0 aliphatic rings. The topological polar surface area (TPSA) is 104 Å². The lowest BCUT2D eigenvalue weighted by molar-refractivity contribution is 0.0697. The van der Waals surface area contributed by atoms with E-state index in [4.69, 9.17) is 16.7 Å². The molecule has 0 fully saturated rings. The fourth-order valence-electron chi connectivity index (χ4n) is 1.61. The van der Waals surface area contributed by atoms with Gasteiger partial charge in [-0.05, 0) is 30.3 Å². The largest absolute Gasteiger partial charge is 0.506 e. The molecule has 0 saturated heterocycles. The summed E-state index contributed by atoms with van der Waals surface area (Å²) in [7, 11) is -4.04. The first-order valence-electron chi connectivity index (χ1n) is 5.65. The molecule has 0 aliphatic carbocycles. The minimum absolute atomic E-state index is 0.0129. The molecule has 0 saturated carbocycles. The monoisotopic (exact) mass is 327 g/mol. The van der Waals surface area contributed by atoms with Crippen molar-refractivity contribution in [3.8, 4) is 5.75 Å². The molecule has 2 aromatic rings. The number of hydrogen-bond acceptors (Lipinski definition) is 4. The van der Waals surface area contributed by atoms with Crippen molar-refractivity contribution in [1.29, 1.82) is 0 Å². The van der Waals surface area contributed by atoms with Crippen LogP contribution in [0.25, 0.3) is 0 Å². The van der Waals surface area contributed by atoms with Gasteiger partial charge < -0.3 is 10.2 Å². The predicted molar refractivity (Wildman–Crippen MR) is 77.3 cm³/mol. The molecule has 0 unspecified atom stereocenters. The maximum absolute atomic E-state index is 12.2. The second-order valence-electron chi connectivity index (χ2n) is 4.07. The SMILES string of the molecule is O=C(O)c1ccc(O)c(NS(=O)(=O)c2ccccc2Cl)c1. The normalized spacial score (nSPS) is 11.1. The van der Waals surface area contributed by atoms with Crippen LogP contribution in [0, 0.1) is 0 Å². The minimum Gasteiger partial charge on any atom is -0.506 e. The van der Waals surface area contributed by atoms with Crippen molar-refractivity contribution in [3.05, 3.63) is 53.1 Å². The Morgan fingerprint density at radius 3 is 2.43 bits per heavy atom. The summed E-state index contributed by atoms with van der Waals surface area (Å²) in [5.74, 6) is -1.64. The van der Waals surface area contributed by atoms with Crippen molar-refractivity contribution in [3.63, 3.8) is 0 Å². The number of carboxylic acids is 1. The average Bonchev–Trinajstić information content (AvgIpc) is 2.41. The predicted octanol–water partition coefficient (Wildman–Crippen LogP) is 2.54. The molecular formula is C13H10ClNO5S. The zero-order valence-electron chi connectivity index (χ0n) is 10.4. The summed E-state index contributed by atoms with van der Waals surface area (Å²) < 4.78 is 26.5. The van der Waals surface area contributed by atoms with E-state index in [9.17, 15) is 18.3 Å². The zero-order valence-corrected chi connectivity index (χ0v) is 12.0. The molecule has 2 rings (SSSR count). The van der Waals surface area contributed by atoms with Gasteiger partial charge in [0.25, 0.3) is 10.0 Å². The summed E-state index contributed by atoms with van der Waals surface area (Å²) in [6, 6.07) is 9.04. The quantitative estimate of drug-likeness (QED) is 0.749. The van der Waals surface area contributed by atoms with Gasteiger partial charge >= 0.3 is 5.97 Å². The molecule has 8 heteroatoms. The lowest BCUT2D eigenvalue weighted by atomic mass is 10.2. The number of carbonyl (C=O) groups is 1. The Labute approximate surface area is 125 Å². The highest BCUT2D eigenvalue weighted by Crippen LogP contribution is 2.29. The Balaban J connectivity index is 2.44. The molecule has 0 radical (unpaired) electrons. The van der Waals surface area contributed by atoms with E-state index >= 15 is 0 Å². The second kappa shape index (κ2) is 5.63. The number of nitrogens with one attached hydrogen (secondary N) is 1.